The first-order chi connectivity index (χ1) is 11.7. The van der Waals surface area contributed by atoms with E-state index in [1.165, 1.54) is 0 Å². The number of fused-ring (bicyclic) bond motifs is 1. The first-order valence-electron chi connectivity index (χ1n) is 7.64. The Hall–Kier alpha value is -2.85. The summed E-state index contributed by atoms with van der Waals surface area (Å²) in [4.78, 5) is 1.11. The summed E-state index contributed by atoms with van der Waals surface area (Å²) in [6, 6.07) is 23.5. The second kappa shape index (κ2) is 5.98. The van der Waals surface area contributed by atoms with Gasteiger partial charge in [-0.2, -0.15) is 0 Å². The summed E-state index contributed by atoms with van der Waals surface area (Å²) in [5.41, 5.74) is 9.81. The summed E-state index contributed by atoms with van der Waals surface area (Å²) in [6.07, 6.45) is 2.11. The van der Waals surface area contributed by atoms with Crippen molar-refractivity contribution >= 4 is 28.5 Å². The number of anilines is 1. The van der Waals surface area contributed by atoms with Crippen LogP contribution < -0.4 is 5.73 Å². The number of phenols is 1. The van der Waals surface area contributed by atoms with Gasteiger partial charge in [-0.15, -0.1) is 0 Å². The van der Waals surface area contributed by atoms with E-state index < -0.39 is 0 Å². The molecule has 3 aromatic carbocycles. The van der Waals surface area contributed by atoms with Crippen molar-refractivity contribution in [2.24, 2.45) is 0 Å². The Kier molecular flexibility index (Phi) is 3.67. The molecule has 24 heavy (non-hydrogen) atoms. The predicted molar refractivity (Wildman–Crippen MR) is 101 cm³/mol. The van der Waals surface area contributed by atoms with Gasteiger partial charge in [-0.1, -0.05) is 30.3 Å². The third kappa shape index (κ3) is 2.72. The fourth-order valence-electron chi connectivity index (χ4n) is 2.75. The predicted octanol–water partition coefficient (Wildman–Crippen LogP) is 5.15. The number of nitrogens with two attached hydrogens (primary N) is 1. The van der Waals surface area contributed by atoms with E-state index in [9.17, 15) is 5.11 Å². The summed E-state index contributed by atoms with van der Waals surface area (Å²) in [6.45, 7) is 0. The number of phenolic OH excluding ortho intramolecular Hbond substituents is 1. The van der Waals surface area contributed by atoms with Crippen molar-refractivity contribution in [1.29, 1.82) is 0 Å². The SMILES string of the molecule is Nc1ccc(Sn2cc(-c3ccccc3)c3cc(O)ccc32)cc1. The lowest BCUT2D eigenvalue weighted by molar-refractivity contribution is 0.476. The molecule has 0 aliphatic rings. The normalized spacial score (nSPS) is 11.0. The number of nitrogen functional groups attached to an aromatic ring is 1. The molecule has 1 heterocycles. The van der Waals surface area contributed by atoms with Crippen LogP contribution in [0.4, 0.5) is 5.69 Å². The molecule has 4 heteroatoms. The molecule has 0 bridgehead atoms. The van der Waals surface area contributed by atoms with Gasteiger partial charge in [-0.3, -0.25) is 3.97 Å². The molecule has 0 saturated carbocycles. The van der Waals surface area contributed by atoms with Crippen LogP contribution in [0.15, 0.2) is 83.9 Å². The number of hydrogen-bond acceptors (Lipinski definition) is 3. The van der Waals surface area contributed by atoms with Gasteiger partial charge in [-0.25, -0.2) is 0 Å². The highest BCUT2D eigenvalue weighted by atomic mass is 32.2. The molecule has 4 rings (SSSR count). The molecule has 118 valence electrons. The van der Waals surface area contributed by atoms with E-state index in [1.54, 1.807) is 18.0 Å². The van der Waals surface area contributed by atoms with E-state index in [1.807, 2.05) is 54.6 Å². The molecule has 0 radical (unpaired) electrons. The van der Waals surface area contributed by atoms with E-state index in [0.717, 1.165) is 32.6 Å². The van der Waals surface area contributed by atoms with Gasteiger partial charge in [0.1, 0.15) is 5.75 Å². The fourth-order valence-corrected chi connectivity index (χ4v) is 3.65. The average Bonchev–Trinajstić information content (AvgIpc) is 2.95. The molecule has 1 aromatic heterocycles. The quantitative estimate of drug-likeness (QED) is 0.510. The van der Waals surface area contributed by atoms with Gasteiger partial charge in [0.15, 0.2) is 0 Å². The van der Waals surface area contributed by atoms with Crippen LogP contribution in [0.1, 0.15) is 0 Å². The Balaban J connectivity index is 1.85. The Morgan fingerprint density at radius 2 is 1.62 bits per heavy atom. The Morgan fingerprint density at radius 3 is 2.38 bits per heavy atom. The largest absolute Gasteiger partial charge is 0.508 e. The van der Waals surface area contributed by atoms with E-state index in [-0.39, 0.29) is 5.75 Å². The van der Waals surface area contributed by atoms with Crippen molar-refractivity contribution in [3.63, 3.8) is 0 Å². The summed E-state index contributed by atoms with van der Waals surface area (Å²) >= 11 is 1.63. The number of rotatable bonds is 3. The number of aromatic hydroxyl groups is 1. The molecule has 3 N–H and O–H groups in total. The molecule has 0 saturated heterocycles. The molecule has 0 unspecified atom stereocenters. The second-order valence-electron chi connectivity index (χ2n) is 5.60. The molecule has 0 fully saturated rings. The number of aromatic nitrogens is 1. The van der Waals surface area contributed by atoms with Crippen molar-refractivity contribution in [2.45, 2.75) is 4.90 Å². The van der Waals surface area contributed by atoms with Crippen molar-refractivity contribution in [1.82, 2.24) is 3.97 Å². The van der Waals surface area contributed by atoms with Gasteiger partial charge in [0.2, 0.25) is 0 Å². The first-order valence-corrected chi connectivity index (χ1v) is 8.41. The Labute approximate surface area is 144 Å². The van der Waals surface area contributed by atoms with Crippen LogP contribution in [0.5, 0.6) is 5.75 Å². The Bertz CT molecular complexity index is 992. The van der Waals surface area contributed by atoms with Crippen LogP contribution in [0, 0.1) is 0 Å². The molecule has 0 aliphatic carbocycles. The van der Waals surface area contributed by atoms with Gasteiger partial charge >= 0.3 is 0 Å². The van der Waals surface area contributed by atoms with Gasteiger partial charge in [-0.05, 0) is 60.0 Å². The molecule has 0 spiro atoms. The molecule has 4 aromatic rings. The van der Waals surface area contributed by atoms with Crippen LogP contribution in [0.2, 0.25) is 0 Å². The monoisotopic (exact) mass is 332 g/mol. The number of hydrogen-bond donors (Lipinski definition) is 2. The molecule has 0 aliphatic heterocycles. The van der Waals surface area contributed by atoms with E-state index in [4.69, 9.17) is 5.73 Å². The molecule has 3 nitrogen and oxygen atoms in total. The van der Waals surface area contributed by atoms with Crippen LogP contribution >= 0.6 is 11.9 Å². The minimum Gasteiger partial charge on any atom is -0.508 e. The third-order valence-corrected chi connectivity index (χ3v) is 4.90. The molecule has 0 amide bonds. The second-order valence-corrected chi connectivity index (χ2v) is 6.64. The zero-order chi connectivity index (χ0) is 16.5. The highest BCUT2D eigenvalue weighted by Gasteiger charge is 2.12. The van der Waals surface area contributed by atoms with Crippen LogP contribution in [-0.4, -0.2) is 9.08 Å². The standard InChI is InChI=1S/C20H16N2OS/c21-15-6-9-17(10-7-15)24-22-13-19(14-4-2-1-3-5-14)18-12-16(23)8-11-20(18)22/h1-13,23H,21H2. The maximum Gasteiger partial charge on any atom is 0.116 e. The van der Waals surface area contributed by atoms with Gasteiger partial charge < -0.3 is 10.8 Å². The van der Waals surface area contributed by atoms with Crippen LogP contribution in [-0.2, 0) is 0 Å². The van der Waals surface area contributed by atoms with Crippen molar-refractivity contribution in [2.75, 3.05) is 5.73 Å². The van der Waals surface area contributed by atoms with Crippen LogP contribution in [0.25, 0.3) is 22.0 Å². The number of nitrogens with zero attached hydrogens (tertiary/aromatic N) is 1. The van der Waals surface area contributed by atoms with Gasteiger partial charge in [0.25, 0.3) is 0 Å². The van der Waals surface area contributed by atoms with Gasteiger partial charge in [0.05, 0.1) is 5.52 Å². The number of benzene rings is 3. The summed E-state index contributed by atoms with van der Waals surface area (Å²) in [7, 11) is 0. The van der Waals surface area contributed by atoms with E-state index in [0.29, 0.717) is 0 Å². The van der Waals surface area contributed by atoms with E-state index in [2.05, 4.69) is 22.3 Å². The summed E-state index contributed by atoms with van der Waals surface area (Å²) < 4.78 is 2.13. The molecular formula is C20H16N2OS. The fraction of sp³-hybridized carbons (Fsp3) is 0. The summed E-state index contributed by atoms with van der Waals surface area (Å²) in [5, 5.41) is 10.9. The summed E-state index contributed by atoms with van der Waals surface area (Å²) in [5.74, 6) is 0.273. The van der Waals surface area contributed by atoms with E-state index >= 15 is 0 Å². The zero-order valence-electron chi connectivity index (χ0n) is 12.9. The minimum atomic E-state index is 0.273. The minimum absolute atomic E-state index is 0.273. The lowest BCUT2D eigenvalue weighted by Crippen LogP contribution is -1.86. The smallest absolute Gasteiger partial charge is 0.116 e. The van der Waals surface area contributed by atoms with Crippen molar-refractivity contribution in [3.05, 3.63) is 79.0 Å². The lowest BCUT2D eigenvalue weighted by Gasteiger charge is -2.04. The zero-order valence-corrected chi connectivity index (χ0v) is 13.7. The maximum absolute atomic E-state index is 9.90. The molecule has 0 atom stereocenters. The average molecular weight is 332 g/mol. The highest BCUT2D eigenvalue weighted by molar-refractivity contribution is 7.98. The third-order valence-electron chi connectivity index (χ3n) is 3.92. The van der Waals surface area contributed by atoms with Crippen LogP contribution in [0.3, 0.4) is 0 Å². The highest BCUT2D eigenvalue weighted by Crippen LogP contribution is 2.36. The Morgan fingerprint density at radius 1 is 0.875 bits per heavy atom. The molecular weight excluding hydrogens is 316 g/mol. The van der Waals surface area contributed by atoms with Crippen molar-refractivity contribution in [3.8, 4) is 16.9 Å². The van der Waals surface area contributed by atoms with Crippen molar-refractivity contribution < 1.29 is 5.11 Å². The lowest BCUT2D eigenvalue weighted by atomic mass is 10.1. The first kappa shape index (κ1) is 14.7. The van der Waals surface area contributed by atoms with Gasteiger partial charge in [0, 0.05) is 27.7 Å². The maximum atomic E-state index is 9.90. The topological polar surface area (TPSA) is 51.2 Å².